The summed E-state index contributed by atoms with van der Waals surface area (Å²) in [7, 11) is 0. The summed E-state index contributed by atoms with van der Waals surface area (Å²) in [4.78, 5) is 0. The third kappa shape index (κ3) is 2.17. The number of anilines is 2. The average Bonchev–Trinajstić information content (AvgIpc) is 2.76. The number of hydrogen-bond donors (Lipinski definition) is 1. The number of para-hydroxylation sites is 2. The van der Waals surface area contributed by atoms with E-state index in [0.717, 1.165) is 22.5 Å². The highest BCUT2D eigenvalue weighted by atomic mass is 16.5. The van der Waals surface area contributed by atoms with Crippen LogP contribution >= 0.6 is 0 Å². The fourth-order valence-corrected chi connectivity index (χ4v) is 4.39. The highest BCUT2D eigenvalue weighted by molar-refractivity contribution is 5.81. The number of rotatable bonds is 2. The lowest BCUT2D eigenvalue weighted by atomic mass is 9.63. The van der Waals surface area contributed by atoms with E-state index in [2.05, 4.69) is 60.7 Å². The average molecular weight is 349 g/mol. The standard InChI is InChI=1S/C25H19NO/c27-26-23-17-9-7-15-21(23)25(19-11-3-1-4-12-19,20-13-5-2-6-14-20)22-16-8-10-18-24(22)26/h1-18,27H. The molecule has 5 rings (SSSR count). The van der Waals surface area contributed by atoms with Crippen molar-refractivity contribution < 1.29 is 5.21 Å². The normalized spacial score (nSPS) is 14.3. The van der Waals surface area contributed by atoms with Crippen molar-refractivity contribution in [2.24, 2.45) is 0 Å². The summed E-state index contributed by atoms with van der Waals surface area (Å²) in [5, 5.41) is 12.3. The van der Waals surface area contributed by atoms with Gasteiger partial charge in [0.25, 0.3) is 0 Å². The molecule has 0 aliphatic carbocycles. The third-order valence-corrected chi connectivity index (χ3v) is 5.49. The van der Waals surface area contributed by atoms with Gasteiger partial charge in [-0.05, 0) is 34.4 Å². The van der Waals surface area contributed by atoms with Gasteiger partial charge < -0.3 is 0 Å². The number of benzene rings is 4. The molecule has 0 saturated carbocycles. The van der Waals surface area contributed by atoms with Crippen LogP contribution in [-0.2, 0) is 5.41 Å². The molecule has 2 nitrogen and oxygen atoms in total. The van der Waals surface area contributed by atoms with E-state index in [1.165, 1.54) is 16.2 Å². The van der Waals surface area contributed by atoms with Crippen LogP contribution < -0.4 is 5.06 Å². The Bertz CT molecular complexity index is 1000. The van der Waals surface area contributed by atoms with Crippen LogP contribution in [-0.4, -0.2) is 5.21 Å². The molecule has 0 bridgehead atoms. The first-order valence-electron chi connectivity index (χ1n) is 9.12. The first kappa shape index (κ1) is 15.9. The molecule has 1 aliphatic heterocycles. The Morgan fingerprint density at radius 1 is 0.481 bits per heavy atom. The summed E-state index contributed by atoms with van der Waals surface area (Å²) >= 11 is 0. The van der Waals surface area contributed by atoms with Gasteiger partial charge in [-0.15, -0.1) is 0 Å². The van der Waals surface area contributed by atoms with Gasteiger partial charge in [0, 0.05) is 0 Å². The van der Waals surface area contributed by atoms with Crippen molar-refractivity contribution in [3.05, 3.63) is 131 Å². The maximum Gasteiger partial charge on any atom is 0.0743 e. The van der Waals surface area contributed by atoms with Crippen molar-refractivity contribution >= 4 is 11.4 Å². The predicted molar refractivity (Wildman–Crippen MR) is 109 cm³/mol. The van der Waals surface area contributed by atoms with Crippen LogP contribution in [0.25, 0.3) is 0 Å². The smallest absolute Gasteiger partial charge is 0.0743 e. The lowest BCUT2D eigenvalue weighted by molar-refractivity contribution is 0.294. The predicted octanol–water partition coefficient (Wildman–Crippen LogP) is 5.91. The number of fused-ring (bicyclic) bond motifs is 2. The molecule has 27 heavy (non-hydrogen) atoms. The first-order chi connectivity index (χ1) is 13.3. The molecular weight excluding hydrogens is 330 g/mol. The molecule has 0 saturated heterocycles. The molecule has 0 fully saturated rings. The molecule has 0 unspecified atom stereocenters. The summed E-state index contributed by atoms with van der Waals surface area (Å²) in [6.45, 7) is 0. The van der Waals surface area contributed by atoms with Crippen molar-refractivity contribution in [3.8, 4) is 0 Å². The van der Waals surface area contributed by atoms with Gasteiger partial charge >= 0.3 is 0 Å². The highest BCUT2D eigenvalue weighted by Crippen LogP contribution is 2.54. The second-order valence-electron chi connectivity index (χ2n) is 6.83. The maximum atomic E-state index is 11.0. The molecule has 0 amide bonds. The molecule has 1 N–H and O–H groups in total. The van der Waals surface area contributed by atoms with Crippen LogP contribution in [0.2, 0.25) is 0 Å². The monoisotopic (exact) mass is 349 g/mol. The minimum absolute atomic E-state index is 0.491. The van der Waals surface area contributed by atoms with Gasteiger partial charge in [-0.1, -0.05) is 97.1 Å². The minimum Gasteiger partial charge on any atom is -0.283 e. The van der Waals surface area contributed by atoms with E-state index in [9.17, 15) is 5.21 Å². The van der Waals surface area contributed by atoms with Crippen molar-refractivity contribution in [1.29, 1.82) is 0 Å². The molecule has 1 heterocycles. The molecule has 0 spiro atoms. The Labute approximate surface area is 158 Å². The van der Waals surface area contributed by atoms with Crippen LogP contribution in [0.1, 0.15) is 22.3 Å². The first-order valence-corrected chi connectivity index (χ1v) is 9.12. The van der Waals surface area contributed by atoms with Gasteiger partial charge in [0.1, 0.15) is 0 Å². The van der Waals surface area contributed by atoms with Gasteiger partial charge in [0.2, 0.25) is 0 Å². The molecular formula is C25H19NO. The summed E-state index contributed by atoms with van der Waals surface area (Å²) in [5.74, 6) is 0. The van der Waals surface area contributed by atoms with Crippen molar-refractivity contribution in [1.82, 2.24) is 0 Å². The Balaban J connectivity index is 1.99. The molecule has 0 atom stereocenters. The molecule has 0 radical (unpaired) electrons. The van der Waals surface area contributed by atoms with Gasteiger partial charge in [0.15, 0.2) is 0 Å². The molecule has 130 valence electrons. The van der Waals surface area contributed by atoms with Crippen LogP contribution in [0.4, 0.5) is 11.4 Å². The minimum atomic E-state index is -0.491. The molecule has 4 aromatic carbocycles. The van der Waals surface area contributed by atoms with Crippen LogP contribution in [0.3, 0.4) is 0 Å². The zero-order valence-corrected chi connectivity index (χ0v) is 14.8. The van der Waals surface area contributed by atoms with E-state index in [-0.39, 0.29) is 0 Å². The van der Waals surface area contributed by atoms with Crippen molar-refractivity contribution in [2.75, 3.05) is 5.06 Å². The van der Waals surface area contributed by atoms with E-state index >= 15 is 0 Å². The Morgan fingerprint density at radius 3 is 1.30 bits per heavy atom. The van der Waals surface area contributed by atoms with Gasteiger partial charge in [0.05, 0.1) is 16.8 Å². The number of nitrogens with zero attached hydrogens (tertiary/aromatic N) is 1. The second kappa shape index (κ2) is 6.11. The Morgan fingerprint density at radius 2 is 0.852 bits per heavy atom. The number of hydrogen-bond acceptors (Lipinski definition) is 2. The van der Waals surface area contributed by atoms with E-state index in [1.54, 1.807) is 0 Å². The highest BCUT2D eigenvalue weighted by Gasteiger charge is 2.45. The molecule has 1 aliphatic rings. The van der Waals surface area contributed by atoms with Crippen LogP contribution in [0.15, 0.2) is 109 Å². The zero-order chi connectivity index (χ0) is 18.3. The summed E-state index contributed by atoms with van der Waals surface area (Å²) in [6.07, 6.45) is 0. The largest absolute Gasteiger partial charge is 0.283 e. The summed E-state index contributed by atoms with van der Waals surface area (Å²) < 4.78 is 0. The quantitative estimate of drug-likeness (QED) is 0.486. The SMILES string of the molecule is ON1c2ccccc2C(c2ccccc2)(c2ccccc2)c2ccccc21. The molecule has 2 heteroatoms. The maximum absolute atomic E-state index is 11.0. The fraction of sp³-hybridized carbons (Fsp3) is 0.0400. The second-order valence-corrected chi connectivity index (χ2v) is 6.83. The Kier molecular flexibility index (Phi) is 3.59. The van der Waals surface area contributed by atoms with Crippen molar-refractivity contribution in [3.63, 3.8) is 0 Å². The van der Waals surface area contributed by atoms with Crippen LogP contribution in [0.5, 0.6) is 0 Å². The van der Waals surface area contributed by atoms with E-state index in [4.69, 9.17) is 0 Å². The third-order valence-electron chi connectivity index (χ3n) is 5.49. The van der Waals surface area contributed by atoms with Crippen molar-refractivity contribution in [2.45, 2.75) is 5.41 Å². The van der Waals surface area contributed by atoms with E-state index < -0.39 is 5.41 Å². The van der Waals surface area contributed by atoms with Gasteiger partial charge in [-0.25, -0.2) is 5.06 Å². The van der Waals surface area contributed by atoms with Crippen LogP contribution in [0, 0.1) is 0 Å². The topological polar surface area (TPSA) is 23.5 Å². The summed E-state index contributed by atoms with van der Waals surface area (Å²) in [5.41, 5.74) is 5.64. The molecule has 4 aromatic rings. The van der Waals surface area contributed by atoms with E-state index in [1.807, 2.05) is 48.5 Å². The lowest BCUT2D eigenvalue weighted by Crippen LogP contribution is -2.38. The van der Waals surface area contributed by atoms with Gasteiger partial charge in [-0.3, -0.25) is 5.21 Å². The van der Waals surface area contributed by atoms with E-state index in [0.29, 0.717) is 0 Å². The fourth-order valence-electron chi connectivity index (χ4n) is 4.39. The summed E-state index contributed by atoms with van der Waals surface area (Å²) in [6, 6.07) is 37.3. The zero-order valence-electron chi connectivity index (χ0n) is 14.8. The Hall–Kier alpha value is -3.36. The van der Waals surface area contributed by atoms with Gasteiger partial charge in [-0.2, -0.15) is 0 Å². The lowest BCUT2D eigenvalue weighted by Gasteiger charge is -2.44. The molecule has 0 aromatic heterocycles.